The van der Waals surface area contributed by atoms with Gasteiger partial charge in [0.05, 0.1) is 0 Å². The van der Waals surface area contributed by atoms with Crippen LogP contribution in [0.5, 0.6) is 0 Å². The van der Waals surface area contributed by atoms with E-state index in [1.807, 2.05) is 18.7 Å². The molecule has 1 aliphatic rings. The molecule has 18 heavy (non-hydrogen) atoms. The van der Waals surface area contributed by atoms with Gasteiger partial charge in [0, 0.05) is 26.1 Å². The molecule has 1 rings (SSSR count). The van der Waals surface area contributed by atoms with E-state index in [-0.39, 0.29) is 18.4 Å². The second-order valence-electron chi connectivity index (χ2n) is 5.22. The Bertz CT molecular complexity index is 290. The van der Waals surface area contributed by atoms with Crippen LogP contribution in [-0.4, -0.2) is 41.6 Å². The maximum Gasteiger partial charge on any atom is 0.317 e. The van der Waals surface area contributed by atoms with Crippen LogP contribution in [0, 0.1) is 11.8 Å². The fraction of sp³-hybridized carbons (Fsp3) is 0.846. The molecule has 1 unspecified atom stereocenters. The van der Waals surface area contributed by atoms with Crippen LogP contribution < -0.4 is 5.32 Å². The number of aliphatic carboxylic acids is 1. The Morgan fingerprint density at radius 2 is 2.11 bits per heavy atom. The molecule has 0 spiro atoms. The lowest BCUT2D eigenvalue weighted by atomic mass is 9.85. The number of carboxylic acids is 1. The standard InChI is InChI=1S/C13H24N2O3/c1-3-15(9-11-5-4-6-11)13(18)14-8-10(2)7-12(16)17/h10-11H,3-9H2,1-2H3,(H,14,18)(H,16,17). The minimum atomic E-state index is -0.821. The van der Waals surface area contributed by atoms with Gasteiger partial charge in [-0.25, -0.2) is 4.79 Å². The third-order valence-corrected chi connectivity index (χ3v) is 3.50. The molecule has 1 aliphatic carbocycles. The first-order valence-corrected chi connectivity index (χ1v) is 6.77. The molecule has 2 amide bonds. The first-order valence-electron chi connectivity index (χ1n) is 6.77. The highest BCUT2D eigenvalue weighted by Gasteiger charge is 2.22. The molecular weight excluding hydrogens is 232 g/mol. The predicted molar refractivity (Wildman–Crippen MR) is 69.4 cm³/mol. The summed E-state index contributed by atoms with van der Waals surface area (Å²) >= 11 is 0. The van der Waals surface area contributed by atoms with Gasteiger partial charge >= 0.3 is 12.0 Å². The van der Waals surface area contributed by atoms with Crippen molar-refractivity contribution >= 4 is 12.0 Å². The molecule has 0 saturated heterocycles. The number of carboxylic acid groups (broad SMARTS) is 1. The topological polar surface area (TPSA) is 69.6 Å². The van der Waals surface area contributed by atoms with E-state index in [4.69, 9.17) is 5.11 Å². The van der Waals surface area contributed by atoms with Crippen LogP contribution in [0.3, 0.4) is 0 Å². The molecule has 104 valence electrons. The van der Waals surface area contributed by atoms with E-state index >= 15 is 0 Å². The first kappa shape index (κ1) is 14.8. The van der Waals surface area contributed by atoms with Crippen molar-refractivity contribution in [1.82, 2.24) is 10.2 Å². The predicted octanol–water partition coefficient (Wildman–Crippen LogP) is 1.93. The number of hydrogen-bond acceptors (Lipinski definition) is 2. The Morgan fingerprint density at radius 1 is 1.44 bits per heavy atom. The first-order chi connectivity index (χ1) is 8.52. The minimum absolute atomic E-state index is 0.0335. The molecule has 0 bridgehead atoms. The summed E-state index contributed by atoms with van der Waals surface area (Å²) in [6.45, 7) is 5.76. The zero-order valence-electron chi connectivity index (χ0n) is 11.3. The third-order valence-electron chi connectivity index (χ3n) is 3.50. The van der Waals surface area contributed by atoms with E-state index in [1.165, 1.54) is 19.3 Å². The number of urea groups is 1. The fourth-order valence-corrected chi connectivity index (χ4v) is 2.09. The summed E-state index contributed by atoms with van der Waals surface area (Å²) in [5, 5.41) is 11.5. The molecule has 0 aromatic carbocycles. The van der Waals surface area contributed by atoms with E-state index in [0.29, 0.717) is 19.0 Å². The maximum absolute atomic E-state index is 11.9. The molecule has 1 saturated carbocycles. The lowest BCUT2D eigenvalue weighted by Crippen LogP contribution is -2.44. The van der Waals surface area contributed by atoms with E-state index in [9.17, 15) is 9.59 Å². The number of nitrogens with one attached hydrogen (secondary N) is 1. The minimum Gasteiger partial charge on any atom is -0.481 e. The van der Waals surface area contributed by atoms with Crippen LogP contribution in [0.15, 0.2) is 0 Å². The van der Waals surface area contributed by atoms with Crippen molar-refractivity contribution < 1.29 is 14.7 Å². The molecule has 1 atom stereocenters. The van der Waals surface area contributed by atoms with Crippen molar-refractivity contribution in [3.8, 4) is 0 Å². The number of amides is 2. The summed E-state index contributed by atoms with van der Waals surface area (Å²) in [5.74, 6) is -0.195. The second-order valence-corrected chi connectivity index (χ2v) is 5.22. The van der Waals surface area contributed by atoms with Crippen LogP contribution in [0.2, 0.25) is 0 Å². The average molecular weight is 256 g/mol. The molecule has 0 radical (unpaired) electrons. The van der Waals surface area contributed by atoms with Crippen LogP contribution in [0.25, 0.3) is 0 Å². The van der Waals surface area contributed by atoms with Crippen molar-refractivity contribution in [2.45, 2.75) is 39.5 Å². The van der Waals surface area contributed by atoms with E-state index in [2.05, 4.69) is 5.32 Å². The van der Waals surface area contributed by atoms with Crippen molar-refractivity contribution in [1.29, 1.82) is 0 Å². The van der Waals surface area contributed by atoms with Crippen molar-refractivity contribution in [3.05, 3.63) is 0 Å². The molecule has 0 heterocycles. The molecule has 0 aromatic rings. The number of carbonyl (C=O) groups excluding carboxylic acids is 1. The van der Waals surface area contributed by atoms with Crippen LogP contribution >= 0.6 is 0 Å². The lowest BCUT2D eigenvalue weighted by Gasteiger charge is -2.32. The highest BCUT2D eigenvalue weighted by molar-refractivity contribution is 5.74. The molecular formula is C13H24N2O3. The van der Waals surface area contributed by atoms with Gasteiger partial charge in [-0.1, -0.05) is 13.3 Å². The van der Waals surface area contributed by atoms with Gasteiger partial charge < -0.3 is 15.3 Å². The smallest absolute Gasteiger partial charge is 0.317 e. The number of rotatable bonds is 7. The van der Waals surface area contributed by atoms with Crippen LogP contribution in [-0.2, 0) is 4.79 Å². The van der Waals surface area contributed by atoms with Crippen molar-refractivity contribution in [3.63, 3.8) is 0 Å². The van der Waals surface area contributed by atoms with Crippen LogP contribution in [0.4, 0.5) is 4.79 Å². The molecule has 1 fully saturated rings. The quantitative estimate of drug-likeness (QED) is 0.731. The Balaban J connectivity index is 2.25. The second kappa shape index (κ2) is 7.24. The summed E-state index contributed by atoms with van der Waals surface area (Å²) in [5.41, 5.74) is 0. The third kappa shape index (κ3) is 4.94. The summed E-state index contributed by atoms with van der Waals surface area (Å²) in [6.07, 6.45) is 3.81. The van der Waals surface area contributed by atoms with Gasteiger partial charge in [0.1, 0.15) is 0 Å². The average Bonchev–Trinajstić information content (AvgIpc) is 2.24. The molecule has 0 aliphatic heterocycles. The van der Waals surface area contributed by atoms with E-state index < -0.39 is 5.97 Å². The zero-order valence-corrected chi connectivity index (χ0v) is 11.3. The highest BCUT2D eigenvalue weighted by atomic mass is 16.4. The van der Waals surface area contributed by atoms with E-state index in [1.54, 1.807) is 0 Å². The van der Waals surface area contributed by atoms with Gasteiger partial charge in [-0.05, 0) is 31.6 Å². The molecule has 5 heteroatoms. The van der Waals surface area contributed by atoms with Crippen molar-refractivity contribution in [2.75, 3.05) is 19.6 Å². The highest BCUT2D eigenvalue weighted by Crippen LogP contribution is 2.26. The Labute approximate surface area is 109 Å². The Kier molecular flexibility index (Phi) is 5.95. The number of hydrogen-bond donors (Lipinski definition) is 2. The summed E-state index contributed by atoms with van der Waals surface area (Å²) in [7, 11) is 0. The van der Waals surface area contributed by atoms with Crippen molar-refractivity contribution in [2.24, 2.45) is 11.8 Å². The van der Waals surface area contributed by atoms with Gasteiger partial charge in [-0.2, -0.15) is 0 Å². The monoisotopic (exact) mass is 256 g/mol. The van der Waals surface area contributed by atoms with Gasteiger partial charge in [0.15, 0.2) is 0 Å². The van der Waals surface area contributed by atoms with E-state index in [0.717, 1.165) is 6.54 Å². The lowest BCUT2D eigenvalue weighted by molar-refractivity contribution is -0.137. The fourth-order valence-electron chi connectivity index (χ4n) is 2.09. The summed E-state index contributed by atoms with van der Waals surface area (Å²) in [4.78, 5) is 24.2. The summed E-state index contributed by atoms with van der Waals surface area (Å²) in [6, 6.07) is -0.0679. The molecule has 2 N–H and O–H groups in total. The largest absolute Gasteiger partial charge is 0.481 e. The van der Waals surface area contributed by atoms with Gasteiger partial charge in [0.25, 0.3) is 0 Å². The molecule has 0 aromatic heterocycles. The SMILES string of the molecule is CCN(CC1CCC1)C(=O)NCC(C)CC(=O)O. The normalized spacial score (nSPS) is 16.8. The van der Waals surface area contributed by atoms with Gasteiger partial charge in [0.2, 0.25) is 0 Å². The Morgan fingerprint density at radius 3 is 2.56 bits per heavy atom. The molecule has 5 nitrogen and oxygen atoms in total. The zero-order chi connectivity index (χ0) is 13.5. The van der Waals surface area contributed by atoms with Gasteiger partial charge in [-0.3, -0.25) is 4.79 Å². The van der Waals surface area contributed by atoms with Gasteiger partial charge in [-0.15, -0.1) is 0 Å². The Hall–Kier alpha value is -1.26. The summed E-state index contributed by atoms with van der Waals surface area (Å²) < 4.78 is 0. The maximum atomic E-state index is 11.9. The number of carbonyl (C=O) groups is 2. The number of nitrogens with zero attached hydrogens (tertiary/aromatic N) is 1. The van der Waals surface area contributed by atoms with Crippen LogP contribution in [0.1, 0.15) is 39.5 Å².